The molecule has 0 amide bonds. The molecule has 0 saturated carbocycles. The van der Waals surface area contributed by atoms with Crippen molar-refractivity contribution < 1.29 is 48.0 Å². The van der Waals surface area contributed by atoms with Crippen LogP contribution in [0, 0.1) is 0 Å². The van der Waals surface area contributed by atoms with E-state index in [9.17, 15) is 24.3 Å². The molecule has 0 spiro atoms. The Morgan fingerprint density at radius 1 is 0.906 bits per heavy atom. The van der Waals surface area contributed by atoms with E-state index in [1.54, 1.807) is 24.3 Å². The van der Waals surface area contributed by atoms with Crippen LogP contribution in [0.2, 0.25) is 0 Å². The molecule has 176 valence electrons. The third kappa shape index (κ3) is 6.66. The average molecular weight is 453 g/mol. The fourth-order valence-corrected chi connectivity index (χ4v) is 3.43. The van der Waals surface area contributed by atoms with Crippen molar-refractivity contribution in [2.24, 2.45) is 0 Å². The first-order valence-corrected chi connectivity index (χ1v) is 9.81. The van der Waals surface area contributed by atoms with Gasteiger partial charge in [-0.15, -0.1) is 0 Å². The number of esters is 4. The van der Waals surface area contributed by atoms with E-state index in [4.69, 9.17) is 29.4 Å². The van der Waals surface area contributed by atoms with E-state index < -0.39 is 60.7 Å². The fourth-order valence-electron chi connectivity index (χ4n) is 3.43. The first-order chi connectivity index (χ1) is 14.9. The topological polar surface area (TPSA) is 161 Å². The van der Waals surface area contributed by atoms with Crippen LogP contribution in [0.4, 0.5) is 5.69 Å². The molecule has 1 aromatic carbocycles. The lowest BCUT2D eigenvalue weighted by atomic mass is 9.88. The highest BCUT2D eigenvalue weighted by atomic mass is 16.7. The van der Waals surface area contributed by atoms with E-state index in [1.807, 2.05) is 0 Å². The maximum atomic E-state index is 11.8. The Kier molecular flexibility index (Phi) is 8.17. The number of aliphatic hydroxyl groups is 1. The van der Waals surface area contributed by atoms with Gasteiger partial charge in [-0.05, 0) is 17.7 Å². The molecule has 5 atom stereocenters. The van der Waals surface area contributed by atoms with Gasteiger partial charge in [0.15, 0.2) is 18.3 Å². The number of benzene rings is 1. The van der Waals surface area contributed by atoms with Crippen molar-refractivity contribution in [2.45, 2.75) is 64.3 Å². The van der Waals surface area contributed by atoms with Crippen molar-refractivity contribution in [1.82, 2.24) is 0 Å². The molecule has 32 heavy (non-hydrogen) atoms. The molecule has 11 heteroatoms. The number of carbonyl (C=O) groups is 4. The number of hydrogen-bond acceptors (Lipinski definition) is 11. The Balaban J connectivity index is 2.53. The Morgan fingerprint density at radius 3 is 1.94 bits per heavy atom. The summed E-state index contributed by atoms with van der Waals surface area (Å²) in [4.78, 5) is 46.7. The molecule has 1 aliphatic heterocycles. The van der Waals surface area contributed by atoms with Crippen LogP contribution in [0.1, 0.15) is 33.3 Å². The highest BCUT2D eigenvalue weighted by molar-refractivity contribution is 5.68. The largest absolute Gasteiger partial charge is 0.463 e. The standard InChI is InChI=1S/C21H27NO10/c1-11(23)28-10-17-18(29-12(2)24)19(30-13(3)25)20(31-14(4)26)21(27,32-17)9-15-5-7-16(22)8-6-15/h5-8,17-20,27H,9-10,22H2,1-4H3/t17-,18+,19+,20-,21-/m1/s1. The second-order valence-electron chi connectivity index (χ2n) is 7.40. The van der Waals surface area contributed by atoms with Gasteiger partial charge in [0.25, 0.3) is 0 Å². The van der Waals surface area contributed by atoms with Crippen LogP contribution in [-0.4, -0.2) is 65.8 Å². The van der Waals surface area contributed by atoms with Crippen molar-refractivity contribution in [1.29, 1.82) is 0 Å². The van der Waals surface area contributed by atoms with Crippen molar-refractivity contribution in [3.05, 3.63) is 29.8 Å². The molecule has 0 aliphatic carbocycles. The van der Waals surface area contributed by atoms with Crippen molar-refractivity contribution in [2.75, 3.05) is 12.3 Å². The summed E-state index contributed by atoms with van der Waals surface area (Å²) in [6, 6.07) is 6.46. The minimum atomic E-state index is -2.23. The van der Waals surface area contributed by atoms with Crippen LogP contribution >= 0.6 is 0 Å². The normalized spacial score (nSPS) is 27.2. The first-order valence-electron chi connectivity index (χ1n) is 9.81. The smallest absolute Gasteiger partial charge is 0.303 e. The Labute approximate surface area is 184 Å². The molecular weight excluding hydrogens is 426 g/mol. The number of anilines is 1. The van der Waals surface area contributed by atoms with Crippen molar-refractivity contribution in [3.63, 3.8) is 0 Å². The Bertz CT molecular complexity index is 855. The quantitative estimate of drug-likeness (QED) is 0.331. The SMILES string of the molecule is CC(=O)OC[C@H]1O[C@](O)(Cc2ccc(N)cc2)[C@H](OC(C)=O)[C@@H](OC(C)=O)[C@H]1OC(C)=O. The summed E-state index contributed by atoms with van der Waals surface area (Å²) >= 11 is 0. The molecule has 0 radical (unpaired) electrons. The van der Waals surface area contributed by atoms with Crippen LogP contribution in [0.5, 0.6) is 0 Å². The summed E-state index contributed by atoms with van der Waals surface area (Å²) in [5, 5.41) is 11.5. The molecule has 0 bridgehead atoms. The van der Waals surface area contributed by atoms with Gasteiger partial charge in [0.05, 0.1) is 0 Å². The van der Waals surface area contributed by atoms with Crippen molar-refractivity contribution in [3.8, 4) is 0 Å². The van der Waals surface area contributed by atoms with Gasteiger partial charge in [-0.3, -0.25) is 19.2 Å². The van der Waals surface area contributed by atoms with Gasteiger partial charge in [-0.25, -0.2) is 0 Å². The molecule has 1 fully saturated rings. The van der Waals surface area contributed by atoms with Gasteiger partial charge in [0.2, 0.25) is 5.79 Å². The summed E-state index contributed by atoms with van der Waals surface area (Å²) in [7, 11) is 0. The number of rotatable bonds is 7. The van der Waals surface area contributed by atoms with Crippen molar-refractivity contribution >= 4 is 29.6 Å². The molecule has 11 nitrogen and oxygen atoms in total. The minimum absolute atomic E-state index is 0.216. The van der Waals surface area contributed by atoms with Gasteiger partial charge >= 0.3 is 23.9 Å². The van der Waals surface area contributed by atoms with E-state index in [0.29, 0.717) is 11.3 Å². The lowest BCUT2D eigenvalue weighted by Crippen LogP contribution is -2.68. The third-order valence-electron chi connectivity index (χ3n) is 4.57. The Morgan fingerprint density at radius 2 is 1.44 bits per heavy atom. The summed E-state index contributed by atoms with van der Waals surface area (Å²) in [5.41, 5.74) is 6.74. The number of nitrogen functional groups attached to an aromatic ring is 1. The van der Waals surface area contributed by atoms with E-state index in [2.05, 4.69) is 0 Å². The summed E-state index contributed by atoms with van der Waals surface area (Å²) < 4.78 is 26.7. The summed E-state index contributed by atoms with van der Waals surface area (Å²) in [6.45, 7) is 4.05. The van der Waals surface area contributed by atoms with E-state index in [-0.39, 0.29) is 6.42 Å². The maximum Gasteiger partial charge on any atom is 0.303 e. The zero-order chi connectivity index (χ0) is 24.1. The molecule has 1 aliphatic rings. The van der Waals surface area contributed by atoms with Gasteiger partial charge in [0.1, 0.15) is 12.7 Å². The fraction of sp³-hybridized carbons (Fsp3) is 0.524. The number of carbonyl (C=O) groups excluding carboxylic acids is 4. The van der Waals surface area contributed by atoms with Gasteiger partial charge in [-0.2, -0.15) is 0 Å². The van der Waals surface area contributed by atoms with Gasteiger partial charge in [0, 0.05) is 39.8 Å². The van der Waals surface area contributed by atoms with Crippen LogP contribution in [-0.2, 0) is 49.3 Å². The first kappa shape index (κ1) is 25.1. The number of ether oxygens (including phenoxy) is 5. The van der Waals surface area contributed by atoms with Gasteiger partial charge in [-0.1, -0.05) is 12.1 Å². The van der Waals surface area contributed by atoms with E-state index in [1.165, 1.54) is 0 Å². The lowest BCUT2D eigenvalue weighted by Gasteiger charge is -2.48. The molecule has 1 aromatic rings. The summed E-state index contributed by atoms with van der Waals surface area (Å²) in [6.07, 6.45) is -5.82. The molecule has 0 aromatic heterocycles. The predicted molar refractivity (Wildman–Crippen MR) is 108 cm³/mol. The number of nitrogens with two attached hydrogens (primary N) is 1. The molecule has 1 heterocycles. The summed E-state index contributed by atoms with van der Waals surface area (Å²) in [5.74, 6) is -5.22. The van der Waals surface area contributed by atoms with Crippen LogP contribution in [0.25, 0.3) is 0 Å². The van der Waals surface area contributed by atoms with Gasteiger partial charge < -0.3 is 34.5 Å². The number of hydrogen-bond donors (Lipinski definition) is 2. The zero-order valence-corrected chi connectivity index (χ0v) is 18.2. The van der Waals surface area contributed by atoms with E-state index >= 15 is 0 Å². The molecular formula is C21H27NO10. The Hall–Kier alpha value is -3.18. The second kappa shape index (κ2) is 10.4. The highest BCUT2D eigenvalue weighted by Crippen LogP contribution is 2.36. The predicted octanol–water partition coefficient (Wildman–Crippen LogP) is 0.257. The highest BCUT2D eigenvalue weighted by Gasteiger charge is 2.59. The monoisotopic (exact) mass is 453 g/mol. The van der Waals surface area contributed by atoms with Crippen LogP contribution in [0.3, 0.4) is 0 Å². The maximum absolute atomic E-state index is 11.8. The van der Waals surface area contributed by atoms with E-state index in [0.717, 1.165) is 27.7 Å². The molecule has 3 N–H and O–H groups in total. The molecule has 2 rings (SSSR count). The average Bonchev–Trinajstić information content (AvgIpc) is 2.66. The third-order valence-corrected chi connectivity index (χ3v) is 4.57. The molecule has 0 unspecified atom stereocenters. The second-order valence-corrected chi connectivity index (χ2v) is 7.40. The zero-order valence-electron chi connectivity index (χ0n) is 18.2. The molecule has 1 saturated heterocycles. The van der Waals surface area contributed by atoms with Crippen LogP contribution in [0.15, 0.2) is 24.3 Å². The van der Waals surface area contributed by atoms with Crippen LogP contribution < -0.4 is 5.73 Å². The minimum Gasteiger partial charge on any atom is -0.463 e. The lowest BCUT2D eigenvalue weighted by molar-refractivity contribution is -0.351.